The quantitative estimate of drug-likeness (QED) is 0.124. The Kier molecular flexibility index (Phi) is 11.0. The molecule has 1 saturated heterocycles. The average Bonchev–Trinajstić information content (AvgIpc) is 3.54. The Bertz CT molecular complexity index is 1990. The molecule has 264 valence electrons. The van der Waals surface area contributed by atoms with Crippen LogP contribution in [0.4, 0.5) is 0 Å². The van der Waals surface area contributed by atoms with E-state index in [2.05, 4.69) is 45.0 Å². The van der Waals surface area contributed by atoms with Crippen LogP contribution in [0.1, 0.15) is 54.9 Å². The number of hydrogen-bond donors (Lipinski definition) is 0. The van der Waals surface area contributed by atoms with Gasteiger partial charge in [-0.1, -0.05) is 130 Å². The lowest BCUT2D eigenvalue weighted by molar-refractivity contribution is -0.0503. The second kappa shape index (κ2) is 15.6. The molecule has 0 amide bonds. The molecule has 1 aliphatic heterocycles. The molecule has 1 aromatic heterocycles. The van der Waals surface area contributed by atoms with Gasteiger partial charge in [-0.15, -0.1) is 0 Å². The molecule has 0 N–H and O–H groups in total. The van der Waals surface area contributed by atoms with Crippen LogP contribution < -0.4 is 21.6 Å². The number of nitrogens with zero attached hydrogens (tertiary/aromatic N) is 2. The molecule has 5 aromatic rings. The van der Waals surface area contributed by atoms with E-state index in [0.29, 0.717) is 11.1 Å². The van der Waals surface area contributed by atoms with Gasteiger partial charge < -0.3 is 18.6 Å². The van der Waals surface area contributed by atoms with Crippen molar-refractivity contribution in [1.29, 1.82) is 0 Å². The maximum absolute atomic E-state index is 13.9. The second-order valence-corrected chi connectivity index (χ2v) is 18.2. The molecular formula is C41H44N2O7Si. The fourth-order valence-electron chi connectivity index (χ4n) is 6.80. The van der Waals surface area contributed by atoms with Gasteiger partial charge in [0.2, 0.25) is 0 Å². The fourth-order valence-corrected chi connectivity index (χ4v) is 11.4. The molecule has 2 heterocycles. The van der Waals surface area contributed by atoms with Crippen molar-refractivity contribution in [3.8, 4) is 0 Å². The highest BCUT2D eigenvalue weighted by Crippen LogP contribution is 2.38. The summed E-state index contributed by atoms with van der Waals surface area (Å²) in [6, 6.07) is 38.8. The first-order valence-electron chi connectivity index (χ1n) is 17.2. The van der Waals surface area contributed by atoms with Crippen molar-refractivity contribution >= 4 is 24.7 Å². The van der Waals surface area contributed by atoms with Crippen LogP contribution in [0.25, 0.3) is 0 Å². The van der Waals surface area contributed by atoms with Crippen molar-refractivity contribution in [1.82, 2.24) is 9.13 Å². The van der Waals surface area contributed by atoms with Gasteiger partial charge >= 0.3 is 11.7 Å². The number of aromatic nitrogens is 2. The molecule has 4 aromatic carbocycles. The fraction of sp³-hybridized carbons (Fsp3) is 0.293. The van der Waals surface area contributed by atoms with Crippen LogP contribution in [0.2, 0.25) is 5.04 Å². The van der Waals surface area contributed by atoms with Gasteiger partial charge in [0.25, 0.3) is 13.9 Å². The molecule has 0 unspecified atom stereocenters. The Morgan fingerprint density at radius 2 is 1.37 bits per heavy atom. The van der Waals surface area contributed by atoms with Crippen LogP contribution in [0.15, 0.2) is 137 Å². The van der Waals surface area contributed by atoms with Gasteiger partial charge in [-0.05, 0) is 40.0 Å². The SMILES string of the molecule is Cc1cn([C@H]2C[C@H](OC(=O)c3ccccc3)[C@@H](CO[Si](c3ccccc3)(c3ccccc3)C(C)(C)C)O2)c(=O)n(COCc2ccccc2)c1=O. The first kappa shape index (κ1) is 35.9. The van der Waals surface area contributed by atoms with Crippen LogP contribution >= 0.6 is 0 Å². The summed E-state index contributed by atoms with van der Waals surface area (Å²) >= 11 is 0. The Labute approximate surface area is 299 Å². The smallest absolute Gasteiger partial charge is 0.338 e. The van der Waals surface area contributed by atoms with Gasteiger partial charge in [-0.2, -0.15) is 0 Å². The molecule has 0 aliphatic carbocycles. The van der Waals surface area contributed by atoms with Crippen molar-refractivity contribution in [2.24, 2.45) is 0 Å². The lowest BCUT2D eigenvalue weighted by Gasteiger charge is -2.43. The molecule has 3 atom stereocenters. The number of carbonyl (C=O) groups is 1. The van der Waals surface area contributed by atoms with Crippen LogP contribution in [-0.4, -0.2) is 42.2 Å². The second-order valence-electron chi connectivity index (χ2n) is 13.8. The van der Waals surface area contributed by atoms with Crippen molar-refractivity contribution in [3.63, 3.8) is 0 Å². The summed E-state index contributed by atoms with van der Waals surface area (Å²) in [6.07, 6.45) is -0.618. The molecule has 0 bridgehead atoms. The number of esters is 1. The van der Waals surface area contributed by atoms with Gasteiger partial charge in [0.1, 0.15) is 25.2 Å². The van der Waals surface area contributed by atoms with E-state index in [1.54, 1.807) is 31.2 Å². The van der Waals surface area contributed by atoms with Crippen LogP contribution in [-0.2, 0) is 32.0 Å². The molecule has 10 heteroatoms. The third-order valence-corrected chi connectivity index (χ3v) is 14.3. The van der Waals surface area contributed by atoms with E-state index in [1.165, 1.54) is 10.8 Å². The number of carbonyl (C=O) groups excluding carboxylic acids is 1. The van der Waals surface area contributed by atoms with E-state index in [9.17, 15) is 14.4 Å². The highest BCUT2D eigenvalue weighted by Gasteiger charge is 2.51. The third kappa shape index (κ3) is 7.74. The van der Waals surface area contributed by atoms with E-state index in [1.807, 2.05) is 72.8 Å². The number of ether oxygens (including phenoxy) is 3. The molecule has 6 rings (SSSR count). The van der Waals surface area contributed by atoms with Gasteiger partial charge in [-0.25, -0.2) is 14.2 Å². The predicted molar refractivity (Wildman–Crippen MR) is 199 cm³/mol. The zero-order valence-electron chi connectivity index (χ0n) is 29.4. The van der Waals surface area contributed by atoms with Crippen molar-refractivity contribution in [3.05, 3.63) is 165 Å². The number of rotatable bonds is 12. The van der Waals surface area contributed by atoms with Gasteiger partial charge in [0, 0.05) is 18.2 Å². The minimum absolute atomic E-state index is 0.101. The van der Waals surface area contributed by atoms with Crippen LogP contribution in [0.5, 0.6) is 0 Å². The third-order valence-electron chi connectivity index (χ3n) is 9.34. The normalized spacial score (nSPS) is 17.7. The van der Waals surface area contributed by atoms with Gasteiger partial charge in [0.15, 0.2) is 0 Å². The molecule has 51 heavy (non-hydrogen) atoms. The predicted octanol–water partition coefficient (Wildman–Crippen LogP) is 5.58. The van der Waals surface area contributed by atoms with Crippen molar-refractivity contribution in [2.75, 3.05) is 6.61 Å². The number of benzene rings is 4. The Balaban J connectivity index is 1.33. The Morgan fingerprint density at radius 3 is 1.94 bits per heavy atom. The van der Waals surface area contributed by atoms with E-state index in [-0.39, 0.29) is 31.4 Å². The molecule has 9 nitrogen and oxygen atoms in total. The largest absolute Gasteiger partial charge is 0.456 e. The summed E-state index contributed by atoms with van der Waals surface area (Å²) < 4.78 is 28.2. The van der Waals surface area contributed by atoms with E-state index in [0.717, 1.165) is 20.5 Å². The standard InChI is InChI=1S/C41H44N2O7Si/c1-30-26-42(40(46)43(38(30)44)29-47-27-31-17-9-5-10-18-31)37-25-35(50-39(45)32-19-11-6-12-20-32)36(49-37)28-48-51(41(2,3)4,33-21-13-7-14-22-33)34-23-15-8-16-24-34/h5-24,26,35-37H,25,27-29H2,1-4H3/t35-,36+,37+/m0/s1. The molecule has 0 spiro atoms. The van der Waals surface area contributed by atoms with Crippen molar-refractivity contribution in [2.45, 2.75) is 70.9 Å². The van der Waals surface area contributed by atoms with Crippen molar-refractivity contribution < 1.29 is 23.4 Å². The summed E-state index contributed by atoms with van der Waals surface area (Å²) in [4.78, 5) is 40.4. The minimum Gasteiger partial charge on any atom is -0.456 e. The van der Waals surface area contributed by atoms with E-state index >= 15 is 0 Å². The molecular weight excluding hydrogens is 661 g/mol. The lowest BCUT2D eigenvalue weighted by Crippen LogP contribution is -2.67. The summed E-state index contributed by atoms with van der Waals surface area (Å²) in [5, 5.41) is 1.91. The summed E-state index contributed by atoms with van der Waals surface area (Å²) in [6.45, 7) is 8.33. The summed E-state index contributed by atoms with van der Waals surface area (Å²) in [5.74, 6) is -0.497. The summed E-state index contributed by atoms with van der Waals surface area (Å²) in [5.41, 5.74) is 0.659. The Morgan fingerprint density at radius 1 is 0.824 bits per heavy atom. The highest BCUT2D eigenvalue weighted by atomic mass is 28.4. The zero-order chi connectivity index (χ0) is 36.0. The lowest BCUT2D eigenvalue weighted by atomic mass is 10.1. The highest BCUT2D eigenvalue weighted by molar-refractivity contribution is 6.99. The maximum atomic E-state index is 13.9. The Hall–Kier alpha value is -4.87. The van der Waals surface area contributed by atoms with Gasteiger partial charge in [0.05, 0.1) is 18.8 Å². The molecule has 0 radical (unpaired) electrons. The number of hydrogen-bond acceptors (Lipinski definition) is 7. The number of aryl methyl sites for hydroxylation is 1. The monoisotopic (exact) mass is 704 g/mol. The average molecular weight is 705 g/mol. The first-order valence-corrected chi connectivity index (χ1v) is 19.1. The first-order chi connectivity index (χ1) is 24.6. The van der Waals surface area contributed by atoms with Crippen LogP contribution in [0, 0.1) is 6.92 Å². The topological polar surface area (TPSA) is 98.0 Å². The van der Waals surface area contributed by atoms with Crippen LogP contribution in [0.3, 0.4) is 0 Å². The molecule has 0 saturated carbocycles. The minimum atomic E-state index is -2.98. The van der Waals surface area contributed by atoms with E-state index < -0.39 is 44.0 Å². The molecule has 1 aliphatic rings. The maximum Gasteiger partial charge on any atom is 0.338 e. The molecule has 1 fully saturated rings. The zero-order valence-corrected chi connectivity index (χ0v) is 30.4. The summed E-state index contributed by atoms with van der Waals surface area (Å²) in [7, 11) is -2.98. The van der Waals surface area contributed by atoms with E-state index in [4.69, 9.17) is 18.6 Å². The van der Waals surface area contributed by atoms with Gasteiger partial charge in [-0.3, -0.25) is 9.36 Å².